The van der Waals surface area contributed by atoms with E-state index < -0.39 is 8.80 Å². The lowest BCUT2D eigenvalue weighted by Crippen LogP contribution is -2.49. The molecule has 0 rings (SSSR count). The largest absolute Gasteiger partial charge is 0.500 e. The lowest BCUT2D eigenvalue weighted by atomic mass is 9.79. The third-order valence-corrected chi connectivity index (χ3v) is 9.46. The predicted molar refractivity (Wildman–Crippen MR) is 131 cm³/mol. The zero-order valence-corrected chi connectivity index (χ0v) is 22.8. The van der Waals surface area contributed by atoms with Gasteiger partial charge in [0.2, 0.25) is 0 Å². The molecule has 6 nitrogen and oxygen atoms in total. The van der Waals surface area contributed by atoms with Gasteiger partial charge in [0.05, 0.1) is 0 Å². The van der Waals surface area contributed by atoms with E-state index in [1.54, 1.807) is 21.3 Å². The Balaban J connectivity index is 5.69. The molecular weight excluding hydrogens is 394 g/mol. The monoisotopic (exact) mass is 447 g/mol. The summed E-state index contributed by atoms with van der Waals surface area (Å²) in [6, 6.07) is 0.878. The summed E-state index contributed by atoms with van der Waals surface area (Å²) in [5.74, 6) is 0. The van der Waals surface area contributed by atoms with E-state index in [9.17, 15) is 0 Å². The van der Waals surface area contributed by atoms with Gasteiger partial charge in [-0.15, -0.1) is 0 Å². The molecule has 0 amide bonds. The molecule has 0 aliphatic rings. The molecule has 0 saturated carbocycles. The lowest BCUT2D eigenvalue weighted by Gasteiger charge is -2.41. The fourth-order valence-electron chi connectivity index (χ4n) is 4.33. The summed E-state index contributed by atoms with van der Waals surface area (Å²) in [6.07, 6.45) is 7.01. The van der Waals surface area contributed by atoms with Gasteiger partial charge in [0, 0.05) is 27.4 Å². The van der Waals surface area contributed by atoms with E-state index >= 15 is 0 Å². The standard InChI is InChI=1S/C23H53N3O3Si/c1-10-16-24(4)19-13-23(14-20-25(5)17-11-2,15-21-26(6)18-12-3)22-30(27-7,28-8)29-9/h10-22H2,1-9H3. The van der Waals surface area contributed by atoms with E-state index in [0.29, 0.717) is 0 Å². The van der Waals surface area contributed by atoms with Crippen molar-refractivity contribution in [2.24, 2.45) is 5.41 Å². The van der Waals surface area contributed by atoms with Gasteiger partial charge in [0.15, 0.2) is 0 Å². The Bertz CT molecular complexity index is 362. The Labute approximate surface area is 189 Å². The minimum absolute atomic E-state index is 0.139. The van der Waals surface area contributed by atoms with Gasteiger partial charge < -0.3 is 28.0 Å². The van der Waals surface area contributed by atoms with Crippen molar-refractivity contribution in [1.29, 1.82) is 0 Å². The van der Waals surface area contributed by atoms with Gasteiger partial charge in [0.1, 0.15) is 0 Å². The van der Waals surface area contributed by atoms with Crippen molar-refractivity contribution in [2.45, 2.75) is 65.3 Å². The van der Waals surface area contributed by atoms with Gasteiger partial charge in [-0.2, -0.15) is 0 Å². The van der Waals surface area contributed by atoms with Crippen molar-refractivity contribution in [3.8, 4) is 0 Å². The second-order valence-electron chi connectivity index (χ2n) is 9.13. The summed E-state index contributed by atoms with van der Waals surface area (Å²) in [6.45, 7) is 13.5. The maximum atomic E-state index is 5.91. The smallest absolute Gasteiger partial charge is 0.377 e. The van der Waals surface area contributed by atoms with E-state index in [1.165, 1.54) is 19.3 Å². The van der Waals surface area contributed by atoms with Crippen LogP contribution in [0.3, 0.4) is 0 Å². The molecule has 0 aromatic carbocycles. The van der Waals surface area contributed by atoms with Crippen LogP contribution in [0.4, 0.5) is 0 Å². The van der Waals surface area contributed by atoms with Crippen molar-refractivity contribution in [3.63, 3.8) is 0 Å². The Hall–Kier alpha value is -0.0231. The normalized spacial score (nSPS) is 13.2. The van der Waals surface area contributed by atoms with Crippen LogP contribution >= 0.6 is 0 Å². The van der Waals surface area contributed by atoms with Crippen molar-refractivity contribution in [2.75, 3.05) is 81.7 Å². The average molecular weight is 448 g/mol. The van der Waals surface area contributed by atoms with Gasteiger partial charge in [0.25, 0.3) is 0 Å². The van der Waals surface area contributed by atoms with E-state index in [1.807, 2.05) is 0 Å². The highest BCUT2D eigenvalue weighted by Gasteiger charge is 2.47. The first-order valence-corrected chi connectivity index (χ1v) is 13.9. The van der Waals surface area contributed by atoms with Crippen LogP contribution in [0.25, 0.3) is 0 Å². The quantitative estimate of drug-likeness (QED) is 0.262. The predicted octanol–water partition coefficient (Wildman–Crippen LogP) is 4.05. The van der Waals surface area contributed by atoms with Crippen LogP contribution in [0.5, 0.6) is 0 Å². The van der Waals surface area contributed by atoms with Gasteiger partial charge in [-0.25, -0.2) is 0 Å². The van der Waals surface area contributed by atoms with Gasteiger partial charge in [-0.1, -0.05) is 20.8 Å². The topological polar surface area (TPSA) is 37.4 Å². The van der Waals surface area contributed by atoms with Crippen LogP contribution in [0.2, 0.25) is 6.04 Å². The highest BCUT2D eigenvalue weighted by Crippen LogP contribution is 2.41. The van der Waals surface area contributed by atoms with Crippen LogP contribution in [0.1, 0.15) is 59.3 Å². The fraction of sp³-hybridized carbons (Fsp3) is 1.00. The molecular formula is C23H53N3O3Si. The summed E-state index contributed by atoms with van der Waals surface area (Å²) >= 11 is 0. The first kappa shape index (κ1) is 30.0. The maximum Gasteiger partial charge on any atom is 0.500 e. The van der Waals surface area contributed by atoms with Crippen LogP contribution in [0.15, 0.2) is 0 Å². The van der Waals surface area contributed by atoms with Crippen LogP contribution in [-0.2, 0) is 13.3 Å². The Kier molecular flexibility index (Phi) is 16.6. The molecule has 0 fully saturated rings. The molecule has 0 atom stereocenters. The molecule has 182 valence electrons. The van der Waals surface area contributed by atoms with Crippen LogP contribution in [0, 0.1) is 5.41 Å². The minimum Gasteiger partial charge on any atom is -0.377 e. The molecule has 0 aromatic heterocycles. The Morgan fingerprint density at radius 1 is 0.567 bits per heavy atom. The Morgan fingerprint density at radius 2 is 0.867 bits per heavy atom. The number of nitrogens with zero attached hydrogens (tertiary/aromatic N) is 3. The molecule has 30 heavy (non-hydrogen) atoms. The van der Waals surface area contributed by atoms with Gasteiger partial charge in [-0.05, 0) is 104 Å². The van der Waals surface area contributed by atoms with Gasteiger partial charge >= 0.3 is 8.80 Å². The maximum absolute atomic E-state index is 5.91. The second-order valence-corrected chi connectivity index (χ2v) is 12.1. The molecule has 0 spiro atoms. The van der Waals surface area contributed by atoms with E-state index in [2.05, 4.69) is 56.6 Å². The third kappa shape index (κ3) is 11.6. The van der Waals surface area contributed by atoms with Crippen LogP contribution in [-0.4, -0.2) is 105 Å². The van der Waals surface area contributed by atoms with E-state index in [-0.39, 0.29) is 5.41 Å². The summed E-state index contributed by atoms with van der Waals surface area (Å²) in [4.78, 5) is 7.40. The van der Waals surface area contributed by atoms with E-state index in [4.69, 9.17) is 13.3 Å². The Morgan fingerprint density at radius 3 is 1.10 bits per heavy atom. The third-order valence-electron chi connectivity index (χ3n) is 6.41. The molecule has 7 heteroatoms. The fourth-order valence-corrected chi connectivity index (χ4v) is 6.71. The number of hydrogen-bond donors (Lipinski definition) is 0. The zero-order valence-electron chi connectivity index (χ0n) is 21.8. The SMILES string of the molecule is CCCN(C)CCC(CCN(C)CCC)(CCN(C)CCC)C[Si](OC)(OC)OC. The van der Waals surface area contributed by atoms with Crippen molar-refractivity contribution >= 4 is 8.80 Å². The van der Waals surface area contributed by atoms with Crippen molar-refractivity contribution in [1.82, 2.24) is 14.7 Å². The number of hydrogen-bond acceptors (Lipinski definition) is 6. The zero-order chi connectivity index (χ0) is 23.0. The highest BCUT2D eigenvalue weighted by atomic mass is 28.4. The molecule has 0 aliphatic carbocycles. The molecule has 0 N–H and O–H groups in total. The minimum atomic E-state index is -2.68. The summed E-state index contributed by atoms with van der Waals surface area (Å²) < 4.78 is 17.7. The summed E-state index contributed by atoms with van der Waals surface area (Å²) in [5.41, 5.74) is 0.139. The van der Waals surface area contributed by atoms with Crippen molar-refractivity contribution in [3.05, 3.63) is 0 Å². The van der Waals surface area contributed by atoms with Crippen LogP contribution < -0.4 is 0 Å². The number of rotatable bonds is 20. The molecule has 0 aromatic rings. The second kappa shape index (κ2) is 16.6. The summed E-state index contributed by atoms with van der Waals surface area (Å²) in [5, 5.41) is 0. The highest BCUT2D eigenvalue weighted by molar-refractivity contribution is 6.60. The molecule has 0 heterocycles. The first-order valence-electron chi connectivity index (χ1n) is 12.0. The first-order chi connectivity index (χ1) is 14.3. The molecule has 0 unspecified atom stereocenters. The average Bonchev–Trinajstić information content (AvgIpc) is 2.74. The molecule has 0 radical (unpaired) electrons. The van der Waals surface area contributed by atoms with E-state index in [0.717, 1.165) is 64.6 Å². The molecule has 0 bridgehead atoms. The van der Waals surface area contributed by atoms with Crippen molar-refractivity contribution < 1.29 is 13.3 Å². The summed E-state index contributed by atoms with van der Waals surface area (Å²) in [7, 11) is 9.30. The van der Waals surface area contributed by atoms with Gasteiger partial charge in [-0.3, -0.25) is 0 Å². The lowest BCUT2D eigenvalue weighted by molar-refractivity contribution is 0.0845. The molecule has 0 aliphatic heterocycles. The molecule has 0 saturated heterocycles.